The Hall–Kier alpha value is -2.18. The van der Waals surface area contributed by atoms with E-state index in [4.69, 9.17) is 28.9 Å². The number of hydrogen-bond donors (Lipinski definition) is 2. The summed E-state index contributed by atoms with van der Waals surface area (Å²) in [5, 5.41) is 9.76. The monoisotopic (exact) mass is 324 g/mol. The molecule has 1 aromatic heterocycles. The maximum Gasteiger partial charge on any atom is 0.258 e. The minimum absolute atomic E-state index is 0.0396. The maximum absolute atomic E-state index is 12.1. The Morgan fingerprint density at radius 1 is 1.14 bits per heavy atom. The Morgan fingerprint density at radius 2 is 1.81 bits per heavy atom. The van der Waals surface area contributed by atoms with Gasteiger partial charge >= 0.3 is 0 Å². The summed E-state index contributed by atoms with van der Waals surface area (Å²) < 4.78 is 0. The Bertz CT molecular complexity index is 689. The van der Waals surface area contributed by atoms with Gasteiger partial charge in [-0.1, -0.05) is 35.3 Å². The van der Waals surface area contributed by atoms with Crippen LogP contribution in [0.25, 0.3) is 0 Å². The highest BCUT2D eigenvalue weighted by Gasteiger charge is 2.13. The van der Waals surface area contributed by atoms with Gasteiger partial charge in [-0.05, 0) is 23.8 Å². The average molecular weight is 325 g/mol. The first kappa shape index (κ1) is 15.2. The first-order valence-electron chi connectivity index (χ1n) is 5.83. The van der Waals surface area contributed by atoms with Gasteiger partial charge in [0.2, 0.25) is 5.91 Å². The summed E-state index contributed by atoms with van der Waals surface area (Å²) in [4.78, 5) is 22.9. The fourth-order valence-corrected chi connectivity index (χ4v) is 1.94. The highest BCUT2D eigenvalue weighted by Crippen LogP contribution is 2.18. The number of carbonyl (C=O) groups excluding carboxylic acids is 2. The summed E-state index contributed by atoms with van der Waals surface area (Å²) in [5.41, 5.74) is 6.52. The lowest BCUT2D eigenvalue weighted by Crippen LogP contribution is -2.15. The third kappa shape index (κ3) is 4.14. The van der Waals surface area contributed by atoms with Crippen LogP contribution in [-0.2, 0) is 11.2 Å². The van der Waals surface area contributed by atoms with Gasteiger partial charge < -0.3 is 11.1 Å². The van der Waals surface area contributed by atoms with Crippen molar-refractivity contribution < 1.29 is 9.59 Å². The van der Waals surface area contributed by atoms with E-state index in [-0.39, 0.29) is 22.3 Å². The molecule has 2 aromatic rings. The molecule has 0 aliphatic rings. The van der Waals surface area contributed by atoms with Gasteiger partial charge in [0.1, 0.15) is 0 Å². The second-order valence-electron chi connectivity index (χ2n) is 4.17. The smallest absolute Gasteiger partial charge is 0.258 e. The Balaban J connectivity index is 2.12. The number of carbonyl (C=O) groups is 2. The third-order valence-electron chi connectivity index (χ3n) is 2.55. The van der Waals surface area contributed by atoms with E-state index in [1.165, 1.54) is 6.07 Å². The quantitative estimate of drug-likeness (QED) is 0.899. The Labute approximate surface area is 130 Å². The van der Waals surface area contributed by atoms with Gasteiger partial charge in [-0.25, -0.2) is 0 Å². The normalized spacial score (nSPS) is 10.2. The molecular formula is C13H10Cl2N4O2. The van der Waals surface area contributed by atoms with E-state index in [0.29, 0.717) is 5.69 Å². The number of halogens is 2. The van der Waals surface area contributed by atoms with Gasteiger partial charge in [0.15, 0.2) is 10.3 Å². The van der Waals surface area contributed by atoms with E-state index in [0.717, 1.165) is 5.56 Å². The molecule has 0 spiro atoms. The molecule has 0 atom stereocenters. The van der Waals surface area contributed by atoms with E-state index in [2.05, 4.69) is 15.5 Å². The molecule has 2 amide bonds. The SMILES string of the molecule is NC(=O)Cc1ccc(NC(=O)c2cc(Cl)nnc2Cl)cc1. The topological polar surface area (TPSA) is 98.0 Å². The molecule has 2 rings (SSSR count). The van der Waals surface area contributed by atoms with E-state index in [1.54, 1.807) is 24.3 Å². The number of primary amides is 1. The average Bonchev–Trinajstić information content (AvgIpc) is 2.43. The molecule has 3 N–H and O–H groups in total. The lowest BCUT2D eigenvalue weighted by molar-refractivity contribution is -0.117. The molecule has 8 heteroatoms. The summed E-state index contributed by atoms with van der Waals surface area (Å²) in [6.45, 7) is 0. The molecule has 1 heterocycles. The summed E-state index contributed by atoms with van der Waals surface area (Å²) in [6, 6.07) is 8.02. The van der Waals surface area contributed by atoms with Gasteiger partial charge in [0.05, 0.1) is 12.0 Å². The van der Waals surface area contributed by atoms with E-state index < -0.39 is 11.8 Å². The molecule has 21 heavy (non-hydrogen) atoms. The molecule has 0 fully saturated rings. The van der Waals surface area contributed by atoms with Crippen LogP contribution in [-0.4, -0.2) is 22.0 Å². The van der Waals surface area contributed by atoms with Crippen LogP contribution in [0.1, 0.15) is 15.9 Å². The molecule has 6 nitrogen and oxygen atoms in total. The minimum atomic E-state index is -0.459. The van der Waals surface area contributed by atoms with Gasteiger partial charge in [0, 0.05) is 5.69 Å². The molecular weight excluding hydrogens is 315 g/mol. The Morgan fingerprint density at radius 3 is 2.43 bits per heavy atom. The first-order chi connectivity index (χ1) is 9.95. The number of benzene rings is 1. The van der Waals surface area contributed by atoms with Crippen molar-refractivity contribution in [2.45, 2.75) is 6.42 Å². The maximum atomic E-state index is 12.1. The van der Waals surface area contributed by atoms with Gasteiger partial charge in [0.25, 0.3) is 5.91 Å². The number of nitrogens with one attached hydrogen (secondary N) is 1. The molecule has 0 aliphatic heterocycles. The predicted molar refractivity (Wildman–Crippen MR) is 79.3 cm³/mol. The van der Waals surface area contributed by atoms with Crippen molar-refractivity contribution in [3.63, 3.8) is 0 Å². The standard InChI is InChI=1S/C13H10Cl2N4O2/c14-10-6-9(12(15)19-18-10)13(21)17-8-3-1-7(2-4-8)5-11(16)20/h1-4,6H,5H2,(H2,16,20)(H,17,21). The van der Waals surface area contributed by atoms with Gasteiger partial charge in [-0.3, -0.25) is 9.59 Å². The molecule has 0 radical (unpaired) electrons. The first-order valence-corrected chi connectivity index (χ1v) is 6.58. The minimum Gasteiger partial charge on any atom is -0.369 e. The van der Waals surface area contributed by atoms with Crippen LogP contribution in [0, 0.1) is 0 Å². The second kappa shape index (κ2) is 6.51. The van der Waals surface area contributed by atoms with Crippen molar-refractivity contribution in [3.05, 3.63) is 51.8 Å². The van der Waals surface area contributed by atoms with Crippen LogP contribution in [0.5, 0.6) is 0 Å². The zero-order chi connectivity index (χ0) is 15.4. The molecule has 0 aliphatic carbocycles. The summed E-state index contributed by atoms with van der Waals surface area (Å²) >= 11 is 11.5. The van der Waals surface area contributed by atoms with Crippen LogP contribution in [0.15, 0.2) is 30.3 Å². The lowest BCUT2D eigenvalue weighted by Gasteiger charge is -2.07. The van der Waals surface area contributed by atoms with Crippen LogP contribution < -0.4 is 11.1 Å². The Kier molecular flexibility index (Phi) is 4.72. The number of hydrogen-bond acceptors (Lipinski definition) is 4. The van der Waals surface area contributed by atoms with Crippen molar-refractivity contribution in [3.8, 4) is 0 Å². The summed E-state index contributed by atoms with van der Waals surface area (Å²) in [7, 11) is 0. The van der Waals surface area contributed by atoms with Gasteiger partial charge in [-0.2, -0.15) is 0 Å². The zero-order valence-corrected chi connectivity index (χ0v) is 12.1. The number of rotatable bonds is 4. The number of nitrogens with zero attached hydrogens (tertiary/aromatic N) is 2. The van der Waals surface area contributed by atoms with Crippen molar-refractivity contribution in [2.24, 2.45) is 5.73 Å². The predicted octanol–water partition coefficient (Wildman–Crippen LogP) is 2.06. The number of nitrogens with two attached hydrogens (primary N) is 1. The van der Waals surface area contributed by atoms with Crippen LogP contribution in [0.3, 0.4) is 0 Å². The number of amides is 2. The van der Waals surface area contributed by atoms with E-state index >= 15 is 0 Å². The van der Waals surface area contributed by atoms with Gasteiger partial charge in [-0.15, -0.1) is 10.2 Å². The second-order valence-corrected chi connectivity index (χ2v) is 4.91. The molecule has 0 bridgehead atoms. The van der Waals surface area contributed by atoms with E-state index in [1.807, 2.05) is 0 Å². The van der Waals surface area contributed by atoms with Crippen molar-refractivity contribution in [1.29, 1.82) is 0 Å². The molecule has 1 aromatic carbocycles. The van der Waals surface area contributed by atoms with Crippen LogP contribution >= 0.6 is 23.2 Å². The number of anilines is 1. The third-order valence-corrected chi connectivity index (χ3v) is 3.02. The molecule has 0 saturated heterocycles. The van der Waals surface area contributed by atoms with Crippen molar-refractivity contribution in [2.75, 3.05) is 5.32 Å². The molecule has 0 unspecified atom stereocenters. The lowest BCUT2D eigenvalue weighted by atomic mass is 10.1. The fraction of sp³-hybridized carbons (Fsp3) is 0.0769. The zero-order valence-electron chi connectivity index (χ0n) is 10.6. The number of aromatic nitrogens is 2. The highest BCUT2D eigenvalue weighted by molar-refractivity contribution is 6.34. The molecule has 108 valence electrons. The van der Waals surface area contributed by atoms with Crippen LogP contribution in [0.2, 0.25) is 10.3 Å². The van der Waals surface area contributed by atoms with Crippen molar-refractivity contribution >= 4 is 40.7 Å². The van der Waals surface area contributed by atoms with Crippen LogP contribution in [0.4, 0.5) is 5.69 Å². The van der Waals surface area contributed by atoms with E-state index in [9.17, 15) is 9.59 Å². The highest BCUT2D eigenvalue weighted by atomic mass is 35.5. The summed E-state index contributed by atoms with van der Waals surface area (Å²) in [5.74, 6) is -0.879. The fourth-order valence-electron chi connectivity index (χ4n) is 1.62. The largest absolute Gasteiger partial charge is 0.369 e. The molecule has 0 saturated carbocycles. The summed E-state index contributed by atoms with van der Waals surface area (Å²) in [6.07, 6.45) is 0.143. The van der Waals surface area contributed by atoms with Crippen molar-refractivity contribution in [1.82, 2.24) is 10.2 Å².